The van der Waals surface area contributed by atoms with Crippen molar-refractivity contribution in [3.63, 3.8) is 0 Å². The smallest absolute Gasteiger partial charge is 0.224 e. The van der Waals surface area contributed by atoms with Gasteiger partial charge in [-0.1, -0.05) is 36.4 Å². The highest BCUT2D eigenvalue weighted by Gasteiger charge is 2.11. The van der Waals surface area contributed by atoms with Crippen LogP contribution in [0.4, 0.5) is 11.8 Å². The summed E-state index contributed by atoms with van der Waals surface area (Å²) < 4.78 is 5.45. The first-order valence-corrected chi connectivity index (χ1v) is 9.17. The van der Waals surface area contributed by atoms with E-state index in [9.17, 15) is 0 Å². The minimum atomic E-state index is 0.589. The van der Waals surface area contributed by atoms with Crippen molar-refractivity contribution in [2.24, 2.45) is 0 Å². The molecule has 0 unspecified atom stereocenters. The Morgan fingerprint density at radius 2 is 1.75 bits per heavy atom. The molecule has 1 aromatic carbocycles. The second-order valence-electron chi connectivity index (χ2n) is 6.25. The van der Waals surface area contributed by atoms with Gasteiger partial charge in [-0.25, -0.2) is 9.97 Å². The van der Waals surface area contributed by atoms with Crippen LogP contribution in [0.25, 0.3) is 22.7 Å². The van der Waals surface area contributed by atoms with E-state index in [4.69, 9.17) is 9.40 Å². The average molecular weight is 371 g/mol. The van der Waals surface area contributed by atoms with Gasteiger partial charge < -0.3 is 15.1 Å². The van der Waals surface area contributed by atoms with Gasteiger partial charge >= 0.3 is 0 Å². The van der Waals surface area contributed by atoms with Crippen LogP contribution in [-0.4, -0.2) is 28.5 Å². The molecule has 0 aliphatic carbocycles. The summed E-state index contributed by atoms with van der Waals surface area (Å²) in [6, 6.07) is 19.9. The predicted molar refractivity (Wildman–Crippen MR) is 111 cm³/mol. The van der Waals surface area contributed by atoms with E-state index in [2.05, 4.69) is 32.7 Å². The molecular formula is C22H21N5O. The van der Waals surface area contributed by atoms with Gasteiger partial charge in [0.1, 0.15) is 11.5 Å². The highest BCUT2D eigenvalue weighted by Crippen LogP contribution is 2.27. The second kappa shape index (κ2) is 8.35. The number of pyridine rings is 1. The lowest BCUT2D eigenvalue weighted by atomic mass is 10.1. The molecule has 6 nitrogen and oxygen atoms in total. The summed E-state index contributed by atoms with van der Waals surface area (Å²) in [5, 5.41) is 6.42. The number of rotatable bonds is 7. The van der Waals surface area contributed by atoms with E-state index in [-0.39, 0.29) is 0 Å². The molecule has 0 atom stereocenters. The molecule has 0 bridgehead atoms. The Morgan fingerprint density at radius 3 is 2.54 bits per heavy atom. The first-order valence-electron chi connectivity index (χ1n) is 9.17. The van der Waals surface area contributed by atoms with Crippen LogP contribution in [0.15, 0.2) is 77.5 Å². The third-order valence-electron chi connectivity index (χ3n) is 4.36. The molecule has 0 radical (unpaired) electrons. The molecule has 28 heavy (non-hydrogen) atoms. The molecule has 3 heterocycles. The summed E-state index contributed by atoms with van der Waals surface area (Å²) in [7, 11) is 1.84. The lowest BCUT2D eigenvalue weighted by Gasteiger charge is -2.11. The quantitative estimate of drug-likeness (QED) is 0.498. The van der Waals surface area contributed by atoms with Crippen molar-refractivity contribution in [3.05, 3.63) is 78.7 Å². The highest BCUT2D eigenvalue weighted by atomic mass is 16.3. The van der Waals surface area contributed by atoms with E-state index in [0.717, 1.165) is 41.5 Å². The SMILES string of the molecule is CNc1nc(NCCc2ccccc2)ncc1-c1cccc(-c2ccco2)n1. The Hall–Kier alpha value is -3.67. The lowest BCUT2D eigenvalue weighted by Crippen LogP contribution is -2.09. The summed E-state index contributed by atoms with van der Waals surface area (Å²) in [5.74, 6) is 2.04. The average Bonchev–Trinajstić information content (AvgIpc) is 3.29. The van der Waals surface area contributed by atoms with Crippen molar-refractivity contribution in [1.82, 2.24) is 15.0 Å². The number of nitrogens with one attached hydrogen (secondary N) is 2. The topological polar surface area (TPSA) is 75.9 Å². The fourth-order valence-corrected chi connectivity index (χ4v) is 2.95. The van der Waals surface area contributed by atoms with Crippen molar-refractivity contribution in [1.29, 1.82) is 0 Å². The molecule has 0 spiro atoms. The summed E-state index contributed by atoms with van der Waals surface area (Å²) in [5.41, 5.74) is 3.67. The number of benzene rings is 1. The summed E-state index contributed by atoms with van der Waals surface area (Å²) >= 11 is 0. The lowest BCUT2D eigenvalue weighted by molar-refractivity contribution is 0.580. The van der Waals surface area contributed by atoms with Gasteiger partial charge in [-0.3, -0.25) is 0 Å². The molecule has 140 valence electrons. The number of hydrogen-bond acceptors (Lipinski definition) is 6. The molecule has 0 fully saturated rings. The molecule has 0 aliphatic heterocycles. The fraction of sp³-hybridized carbons (Fsp3) is 0.136. The summed E-state index contributed by atoms with van der Waals surface area (Å²) in [4.78, 5) is 13.7. The molecule has 6 heteroatoms. The second-order valence-corrected chi connectivity index (χ2v) is 6.25. The number of aromatic nitrogens is 3. The third kappa shape index (κ3) is 4.01. The van der Waals surface area contributed by atoms with Gasteiger partial charge in [-0.15, -0.1) is 0 Å². The van der Waals surface area contributed by atoms with Crippen LogP contribution in [0.2, 0.25) is 0 Å². The maximum absolute atomic E-state index is 5.45. The molecular weight excluding hydrogens is 350 g/mol. The minimum absolute atomic E-state index is 0.589. The molecule has 0 saturated carbocycles. The first kappa shape index (κ1) is 17.7. The van der Waals surface area contributed by atoms with Crippen molar-refractivity contribution >= 4 is 11.8 Å². The van der Waals surface area contributed by atoms with Crippen LogP contribution in [0.5, 0.6) is 0 Å². The highest BCUT2D eigenvalue weighted by molar-refractivity contribution is 5.74. The Bertz CT molecular complexity index is 1030. The van der Waals surface area contributed by atoms with Gasteiger partial charge in [-0.05, 0) is 36.2 Å². The fourth-order valence-electron chi connectivity index (χ4n) is 2.95. The van der Waals surface area contributed by atoms with Gasteiger partial charge in [0.2, 0.25) is 5.95 Å². The third-order valence-corrected chi connectivity index (χ3v) is 4.36. The Kier molecular flexibility index (Phi) is 5.29. The van der Waals surface area contributed by atoms with E-state index in [0.29, 0.717) is 5.95 Å². The van der Waals surface area contributed by atoms with Crippen LogP contribution in [0, 0.1) is 0 Å². The van der Waals surface area contributed by atoms with Crippen molar-refractivity contribution in [2.45, 2.75) is 6.42 Å². The van der Waals surface area contributed by atoms with Crippen molar-refractivity contribution in [3.8, 4) is 22.7 Å². The zero-order valence-electron chi connectivity index (χ0n) is 15.6. The van der Waals surface area contributed by atoms with Crippen molar-refractivity contribution in [2.75, 3.05) is 24.2 Å². The van der Waals surface area contributed by atoms with Gasteiger partial charge in [0, 0.05) is 19.8 Å². The first-order chi connectivity index (χ1) is 13.8. The largest absolute Gasteiger partial charge is 0.463 e. The monoisotopic (exact) mass is 371 g/mol. The maximum Gasteiger partial charge on any atom is 0.224 e. The van der Waals surface area contributed by atoms with Crippen LogP contribution < -0.4 is 10.6 Å². The molecule has 0 aliphatic rings. The molecule has 0 amide bonds. The molecule has 0 saturated heterocycles. The summed E-state index contributed by atoms with van der Waals surface area (Å²) in [6.07, 6.45) is 4.34. The molecule has 3 aromatic heterocycles. The molecule has 4 aromatic rings. The minimum Gasteiger partial charge on any atom is -0.463 e. The standard InChI is InChI=1S/C22H21N5O/c1-23-21-17(18-9-5-10-19(26-18)20-11-6-14-28-20)15-25-22(27-21)24-13-12-16-7-3-2-4-8-16/h2-11,14-15H,12-13H2,1H3,(H2,23,24,25,27). The number of anilines is 2. The zero-order valence-corrected chi connectivity index (χ0v) is 15.6. The van der Waals surface area contributed by atoms with Crippen molar-refractivity contribution < 1.29 is 4.42 Å². The van der Waals surface area contributed by atoms with Gasteiger partial charge in [0.15, 0.2) is 5.76 Å². The number of nitrogens with zero attached hydrogens (tertiary/aromatic N) is 3. The van der Waals surface area contributed by atoms with Gasteiger partial charge in [0.05, 0.1) is 17.5 Å². The van der Waals surface area contributed by atoms with E-state index in [1.807, 2.05) is 55.6 Å². The maximum atomic E-state index is 5.45. The molecule has 4 rings (SSSR count). The van der Waals surface area contributed by atoms with E-state index < -0.39 is 0 Å². The van der Waals surface area contributed by atoms with Crippen LogP contribution >= 0.6 is 0 Å². The normalized spacial score (nSPS) is 10.6. The van der Waals surface area contributed by atoms with Crippen LogP contribution in [0.3, 0.4) is 0 Å². The van der Waals surface area contributed by atoms with E-state index >= 15 is 0 Å². The Morgan fingerprint density at radius 1 is 0.893 bits per heavy atom. The number of hydrogen-bond donors (Lipinski definition) is 2. The van der Waals surface area contributed by atoms with Crippen LogP contribution in [0.1, 0.15) is 5.56 Å². The van der Waals surface area contributed by atoms with Crippen LogP contribution in [-0.2, 0) is 6.42 Å². The van der Waals surface area contributed by atoms with E-state index in [1.165, 1.54) is 5.56 Å². The number of furan rings is 1. The Balaban J connectivity index is 1.52. The summed E-state index contributed by atoms with van der Waals surface area (Å²) in [6.45, 7) is 0.763. The Labute approximate surface area is 163 Å². The van der Waals surface area contributed by atoms with Gasteiger partial charge in [-0.2, -0.15) is 4.98 Å². The zero-order chi connectivity index (χ0) is 19.2. The van der Waals surface area contributed by atoms with E-state index in [1.54, 1.807) is 12.5 Å². The molecule has 2 N–H and O–H groups in total. The predicted octanol–water partition coefficient (Wildman–Crippen LogP) is 4.49. The van der Waals surface area contributed by atoms with Gasteiger partial charge in [0.25, 0.3) is 0 Å².